The third kappa shape index (κ3) is 3.59. The average Bonchev–Trinajstić information content (AvgIpc) is 3.14. The highest BCUT2D eigenvalue weighted by Gasteiger charge is 2.30. The molecule has 3 aromatic carbocycles. The van der Waals surface area contributed by atoms with Gasteiger partial charge in [0.2, 0.25) is 0 Å². The number of hydrogen-bond donors (Lipinski definition) is 0. The van der Waals surface area contributed by atoms with Gasteiger partial charge < -0.3 is 0 Å². The molecule has 0 bridgehead atoms. The van der Waals surface area contributed by atoms with Crippen molar-refractivity contribution in [2.45, 2.75) is 12.5 Å². The molecule has 3 aromatic rings. The van der Waals surface area contributed by atoms with E-state index < -0.39 is 4.92 Å². The summed E-state index contributed by atoms with van der Waals surface area (Å²) in [6, 6.07) is 19.8. The summed E-state index contributed by atoms with van der Waals surface area (Å²) in [5.74, 6) is -0.352. The Bertz CT molecular complexity index is 1050. The van der Waals surface area contributed by atoms with Gasteiger partial charge in [0.25, 0.3) is 5.69 Å². The Morgan fingerprint density at radius 1 is 1.07 bits per heavy atom. The predicted octanol–water partition coefficient (Wildman–Crippen LogP) is 5.74. The maximum absolute atomic E-state index is 13.8. The minimum Gasteiger partial charge on any atom is -0.258 e. The maximum atomic E-state index is 13.8. The number of nitro groups is 1. The molecule has 7 heteroatoms. The molecule has 0 saturated heterocycles. The fourth-order valence-corrected chi connectivity index (χ4v) is 3.39. The van der Waals surface area contributed by atoms with Crippen molar-refractivity contribution >= 4 is 28.7 Å². The zero-order valence-corrected chi connectivity index (χ0v) is 15.4. The van der Waals surface area contributed by atoms with Crippen LogP contribution >= 0.6 is 11.6 Å². The lowest BCUT2D eigenvalue weighted by atomic mass is 9.98. The van der Waals surface area contributed by atoms with Gasteiger partial charge in [0, 0.05) is 23.6 Å². The third-order valence-electron chi connectivity index (χ3n) is 4.65. The van der Waals surface area contributed by atoms with Crippen LogP contribution in [0.1, 0.15) is 23.6 Å². The molecule has 1 atom stereocenters. The Labute approximate surface area is 165 Å². The van der Waals surface area contributed by atoms with E-state index in [2.05, 4.69) is 0 Å². The molecule has 0 aliphatic carbocycles. The Morgan fingerprint density at radius 3 is 2.43 bits per heavy atom. The molecule has 1 aliphatic heterocycles. The summed E-state index contributed by atoms with van der Waals surface area (Å²) >= 11 is 5.98. The molecule has 1 heterocycles. The standard InChI is InChI=1S/C21H15ClFN3O2/c22-16-8-4-14(5-9-16)20-13-21(15-6-10-18(11-7-15)26(27)28)25(24-20)19-3-1-2-17(23)12-19/h1-12,21H,13H2. The highest BCUT2D eigenvalue weighted by molar-refractivity contribution is 6.30. The van der Waals surface area contributed by atoms with Gasteiger partial charge in [-0.1, -0.05) is 41.9 Å². The summed E-state index contributed by atoms with van der Waals surface area (Å²) in [5, 5.41) is 18.1. The largest absolute Gasteiger partial charge is 0.269 e. The van der Waals surface area contributed by atoms with Crippen LogP contribution in [0, 0.1) is 15.9 Å². The van der Waals surface area contributed by atoms with Gasteiger partial charge in [-0.05, 0) is 41.5 Å². The molecule has 0 amide bonds. The second-order valence-corrected chi connectivity index (χ2v) is 6.88. The van der Waals surface area contributed by atoms with E-state index in [0.29, 0.717) is 17.1 Å². The second-order valence-electron chi connectivity index (χ2n) is 6.45. The maximum Gasteiger partial charge on any atom is 0.269 e. The van der Waals surface area contributed by atoms with Crippen LogP contribution in [0.25, 0.3) is 0 Å². The van der Waals surface area contributed by atoms with Crippen molar-refractivity contribution in [3.05, 3.63) is 105 Å². The number of halogens is 2. The Morgan fingerprint density at radius 2 is 1.79 bits per heavy atom. The SMILES string of the molecule is O=[N+]([O-])c1ccc(C2CC(c3ccc(Cl)cc3)=NN2c2cccc(F)c2)cc1. The first-order chi connectivity index (χ1) is 13.5. The van der Waals surface area contributed by atoms with Crippen molar-refractivity contribution < 1.29 is 9.31 Å². The molecule has 28 heavy (non-hydrogen) atoms. The van der Waals surface area contributed by atoms with Gasteiger partial charge in [0.05, 0.1) is 22.4 Å². The van der Waals surface area contributed by atoms with E-state index in [1.807, 2.05) is 12.1 Å². The first kappa shape index (κ1) is 18.1. The molecule has 0 saturated carbocycles. The normalized spacial score (nSPS) is 16.1. The summed E-state index contributed by atoms with van der Waals surface area (Å²) in [6.45, 7) is 0. The van der Waals surface area contributed by atoms with Gasteiger partial charge in [0.1, 0.15) is 5.82 Å². The number of nitrogens with zero attached hydrogens (tertiary/aromatic N) is 3. The summed E-state index contributed by atoms with van der Waals surface area (Å²) < 4.78 is 13.8. The molecule has 140 valence electrons. The topological polar surface area (TPSA) is 58.7 Å². The molecule has 0 N–H and O–H groups in total. The highest BCUT2D eigenvalue weighted by Crippen LogP contribution is 2.37. The van der Waals surface area contributed by atoms with Crippen LogP contribution in [0.2, 0.25) is 5.02 Å². The molecule has 1 unspecified atom stereocenters. The number of hydrazone groups is 1. The van der Waals surface area contributed by atoms with Gasteiger partial charge in [-0.3, -0.25) is 15.1 Å². The Balaban J connectivity index is 1.73. The zero-order valence-electron chi connectivity index (χ0n) is 14.6. The molecule has 5 nitrogen and oxygen atoms in total. The monoisotopic (exact) mass is 395 g/mol. The highest BCUT2D eigenvalue weighted by atomic mass is 35.5. The summed E-state index contributed by atoms with van der Waals surface area (Å²) in [7, 11) is 0. The van der Waals surface area contributed by atoms with E-state index in [1.54, 1.807) is 41.4 Å². The van der Waals surface area contributed by atoms with Crippen LogP contribution in [-0.4, -0.2) is 10.6 Å². The fraction of sp³-hybridized carbons (Fsp3) is 0.0952. The Kier molecular flexibility index (Phi) is 4.79. The molecular formula is C21H15ClFN3O2. The number of anilines is 1. The predicted molar refractivity (Wildman–Crippen MR) is 107 cm³/mol. The van der Waals surface area contributed by atoms with Crippen LogP contribution in [-0.2, 0) is 0 Å². The van der Waals surface area contributed by atoms with Crippen LogP contribution < -0.4 is 5.01 Å². The molecular weight excluding hydrogens is 381 g/mol. The first-order valence-electron chi connectivity index (χ1n) is 8.64. The van der Waals surface area contributed by atoms with Gasteiger partial charge in [0.15, 0.2) is 0 Å². The smallest absolute Gasteiger partial charge is 0.258 e. The van der Waals surface area contributed by atoms with Crippen LogP contribution in [0.3, 0.4) is 0 Å². The molecule has 0 radical (unpaired) electrons. The van der Waals surface area contributed by atoms with Crippen LogP contribution in [0.4, 0.5) is 15.8 Å². The lowest BCUT2D eigenvalue weighted by molar-refractivity contribution is -0.384. The summed E-state index contributed by atoms with van der Waals surface area (Å²) in [6.07, 6.45) is 0.579. The van der Waals surface area contributed by atoms with E-state index in [0.717, 1.165) is 16.8 Å². The number of hydrogen-bond acceptors (Lipinski definition) is 4. The molecule has 0 aromatic heterocycles. The molecule has 4 rings (SSSR count). The Hall–Kier alpha value is -3.25. The third-order valence-corrected chi connectivity index (χ3v) is 4.90. The number of rotatable bonds is 4. The van der Waals surface area contributed by atoms with Gasteiger partial charge in [-0.15, -0.1) is 0 Å². The van der Waals surface area contributed by atoms with Crippen LogP contribution in [0.15, 0.2) is 77.9 Å². The van der Waals surface area contributed by atoms with Gasteiger partial charge in [-0.2, -0.15) is 5.10 Å². The summed E-state index contributed by atoms with van der Waals surface area (Å²) in [5.41, 5.74) is 3.27. The van der Waals surface area contributed by atoms with Crippen LogP contribution in [0.5, 0.6) is 0 Å². The molecule has 1 aliphatic rings. The second kappa shape index (κ2) is 7.40. The van der Waals surface area contributed by atoms with Gasteiger partial charge in [-0.25, -0.2) is 4.39 Å². The zero-order chi connectivity index (χ0) is 19.7. The van der Waals surface area contributed by atoms with E-state index in [-0.39, 0.29) is 17.5 Å². The first-order valence-corrected chi connectivity index (χ1v) is 9.01. The van der Waals surface area contributed by atoms with E-state index >= 15 is 0 Å². The van der Waals surface area contributed by atoms with Crippen molar-refractivity contribution in [1.82, 2.24) is 0 Å². The minimum atomic E-state index is -0.432. The van der Waals surface area contributed by atoms with Crippen molar-refractivity contribution in [2.75, 3.05) is 5.01 Å². The average molecular weight is 396 g/mol. The van der Waals surface area contributed by atoms with Crippen molar-refractivity contribution in [3.63, 3.8) is 0 Å². The lowest BCUT2D eigenvalue weighted by Gasteiger charge is -2.24. The quantitative estimate of drug-likeness (QED) is 0.418. The lowest BCUT2D eigenvalue weighted by Crippen LogP contribution is -2.18. The van der Waals surface area contributed by atoms with E-state index in [1.165, 1.54) is 24.3 Å². The van der Waals surface area contributed by atoms with Crippen molar-refractivity contribution in [2.24, 2.45) is 5.10 Å². The number of benzene rings is 3. The van der Waals surface area contributed by atoms with E-state index in [4.69, 9.17) is 16.7 Å². The molecule has 0 spiro atoms. The van der Waals surface area contributed by atoms with E-state index in [9.17, 15) is 14.5 Å². The van der Waals surface area contributed by atoms with Crippen molar-refractivity contribution in [1.29, 1.82) is 0 Å². The van der Waals surface area contributed by atoms with Crippen molar-refractivity contribution in [3.8, 4) is 0 Å². The number of non-ortho nitro benzene ring substituents is 1. The molecule has 0 fully saturated rings. The minimum absolute atomic E-state index is 0.0258. The van der Waals surface area contributed by atoms with Gasteiger partial charge >= 0.3 is 0 Å². The summed E-state index contributed by atoms with van der Waals surface area (Å²) in [4.78, 5) is 10.5. The fourth-order valence-electron chi connectivity index (χ4n) is 3.26. The number of nitro benzene ring substituents is 1.